The van der Waals surface area contributed by atoms with Gasteiger partial charge in [-0.3, -0.25) is 14.9 Å². The minimum absolute atomic E-state index is 0.104. The molecule has 1 amide bonds. The number of nitrogens with zero attached hydrogens (tertiary/aromatic N) is 1. The number of carbonyl (C=O) groups excluding carboxylic acids is 1. The number of hydrogen-bond acceptors (Lipinski definition) is 5. The van der Waals surface area contributed by atoms with E-state index < -0.39 is 11.0 Å². The van der Waals surface area contributed by atoms with Gasteiger partial charge in [-0.15, -0.1) is 0 Å². The van der Waals surface area contributed by atoms with E-state index in [9.17, 15) is 14.9 Å². The topological polar surface area (TPSA) is 104 Å². The first-order valence-electron chi connectivity index (χ1n) is 6.34. The van der Waals surface area contributed by atoms with Gasteiger partial charge in [-0.05, 0) is 19.4 Å². The number of aryl methyl sites for hydroxylation is 1. The predicted molar refractivity (Wildman–Crippen MR) is 74.7 cm³/mol. The molecular weight excluding hydrogens is 262 g/mol. The lowest BCUT2D eigenvalue weighted by Gasteiger charge is -2.09. The van der Waals surface area contributed by atoms with Crippen molar-refractivity contribution in [1.29, 1.82) is 0 Å². The lowest BCUT2D eigenvalue weighted by atomic mass is 10.1. The van der Waals surface area contributed by atoms with Gasteiger partial charge < -0.3 is 15.7 Å². The lowest BCUT2D eigenvalue weighted by Crippen LogP contribution is -2.34. The van der Waals surface area contributed by atoms with Crippen LogP contribution in [0.4, 0.5) is 5.69 Å². The summed E-state index contributed by atoms with van der Waals surface area (Å²) in [6, 6.07) is 4.20. The van der Waals surface area contributed by atoms with Gasteiger partial charge in [-0.2, -0.15) is 0 Å². The van der Waals surface area contributed by atoms with Crippen LogP contribution in [0.2, 0.25) is 0 Å². The maximum Gasteiger partial charge on any atom is 0.270 e. The molecule has 7 nitrogen and oxygen atoms in total. The molecule has 0 aromatic heterocycles. The van der Waals surface area contributed by atoms with E-state index in [4.69, 9.17) is 5.11 Å². The molecule has 110 valence electrons. The average Bonchev–Trinajstić information content (AvgIpc) is 2.37. The molecule has 1 unspecified atom stereocenters. The zero-order valence-electron chi connectivity index (χ0n) is 11.5. The number of nitro benzene ring substituents is 1. The van der Waals surface area contributed by atoms with Crippen LogP contribution in [0.3, 0.4) is 0 Å². The molecule has 0 saturated carbocycles. The van der Waals surface area contributed by atoms with Crippen LogP contribution in [0.1, 0.15) is 22.8 Å². The van der Waals surface area contributed by atoms with Crippen molar-refractivity contribution in [2.24, 2.45) is 0 Å². The maximum absolute atomic E-state index is 11.9. The van der Waals surface area contributed by atoms with Gasteiger partial charge in [0.2, 0.25) is 0 Å². The molecule has 1 atom stereocenters. The van der Waals surface area contributed by atoms with Gasteiger partial charge in [0, 0.05) is 37.3 Å². The second kappa shape index (κ2) is 7.56. The van der Waals surface area contributed by atoms with E-state index in [0.717, 1.165) is 0 Å². The highest BCUT2D eigenvalue weighted by Gasteiger charge is 2.14. The Hall–Kier alpha value is -1.99. The highest BCUT2D eigenvalue weighted by atomic mass is 16.6. The molecule has 0 aliphatic carbocycles. The maximum atomic E-state index is 11.9. The molecule has 0 saturated heterocycles. The standard InChI is InChI=1S/C13H19N3O4/c1-9-3-4-11(16(19)20)7-12(9)13(18)15-6-5-14-8-10(2)17/h3-4,7,10,14,17H,5-6,8H2,1-2H3,(H,15,18). The van der Waals surface area contributed by atoms with E-state index in [1.54, 1.807) is 19.9 Å². The zero-order chi connectivity index (χ0) is 15.1. The Morgan fingerprint density at radius 3 is 2.75 bits per heavy atom. The first-order chi connectivity index (χ1) is 9.41. The zero-order valence-corrected chi connectivity index (χ0v) is 11.5. The second-order valence-corrected chi connectivity index (χ2v) is 4.57. The average molecular weight is 281 g/mol. The van der Waals surface area contributed by atoms with E-state index in [1.807, 2.05) is 0 Å². The number of amides is 1. The van der Waals surface area contributed by atoms with Crippen LogP contribution < -0.4 is 10.6 Å². The molecule has 0 heterocycles. The summed E-state index contributed by atoms with van der Waals surface area (Å²) in [7, 11) is 0. The SMILES string of the molecule is Cc1ccc([N+](=O)[O-])cc1C(=O)NCCNCC(C)O. The Bertz CT molecular complexity index is 489. The molecule has 20 heavy (non-hydrogen) atoms. The molecule has 0 radical (unpaired) electrons. The number of benzene rings is 1. The summed E-state index contributed by atoms with van der Waals surface area (Å²) < 4.78 is 0. The van der Waals surface area contributed by atoms with Gasteiger partial charge in [0.25, 0.3) is 11.6 Å². The number of hydrogen-bond donors (Lipinski definition) is 3. The van der Waals surface area contributed by atoms with Crippen molar-refractivity contribution in [3.63, 3.8) is 0 Å². The Labute approximate surface area is 117 Å². The summed E-state index contributed by atoms with van der Waals surface area (Å²) in [5.41, 5.74) is 0.882. The molecule has 0 bridgehead atoms. The first kappa shape index (κ1) is 16.1. The molecule has 7 heteroatoms. The van der Waals surface area contributed by atoms with Crippen molar-refractivity contribution in [3.05, 3.63) is 39.4 Å². The fourth-order valence-corrected chi connectivity index (χ4v) is 1.64. The Morgan fingerprint density at radius 2 is 2.15 bits per heavy atom. The van der Waals surface area contributed by atoms with Crippen molar-refractivity contribution < 1.29 is 14.8 Å². The summed E-state index contributed by atoms with van der Waals surface area (Å²) in [5.74, 6) is -0.343. The van der Waals surface area contributed by atoms with Crippen molar-refractivity contribution in [2.75, 3.05) is 19.6 Å². The normalized spacial score (nSPS) is 11.9. The molecule has 0 spiro atoms. The third-order valence-electron chi connectivity index (χ3n) is 2.70. The molecular formula is C13H19N3O4. The molecule has 1 rings (SSSR count). The number of nitro groups is 1. The van der Waals surface area contributed by atoms with E-state index >= 15 is 0 Å². The van der Waals surface area contributed by atoms with E-state index in [1.165, 1.54) is 12.1 Å². The van der Waals surface area contributed by atoms with Gasteiger partial charge in [0.05, 0.1) is 11.0 Å². The summed E-state index contributed by atoms with van der Waals surface area (Å²) in [6.45, 7) is 4.74. The largest absolute Gasteiger partial charge is 0.392 e. The number of aliphatic hydroxyl groups excluding tert-OH is 1. The third-order valence-corrected chi connectivity index (χ3v) is 2.70. The van der Waals surface area contributed by atoms with E-state index in [0.29, 0.717) is 30.8 Å². The second-order valence-electron chi connectivity index (χ2n) is 4.57. The minimum Gasteiger partial charge on any atom is -0.392 e. The van der Waals surface area contributed by atoms with Crippen LogP contribution in [-0.4, -0.2) is 41.7 Å². The smallest absolute Gasteiger partial charge is 0.270 e. The predicted octanol–water partition coefficient (Wildman–Crippen LogP) is 0.603. The van der Waals surface area contributed by atoms with Crippen LogP contribution in [0.15, 0.2) is 18.2 Å². The summed E-state index contributed by atoms with van der Waals surface area (Å²) in [4.78, 5) is 22.1. The number of rotatable bonds is 7. The first-order valence-corrected chi connectivity index (χ1v) is 6.34. The van der Waals surface area contributed by atoms with Crippen LogP contribution in [0, 0.1) is 17.0 Å². The van der Waals surface area contributed by atoms with Gasteiger partial charge >= 0.3 is 0 Å². The molecule has 1 aromatic carbocycles. The van der Waals surface area contributed by atoms with Gasteiger partial charge in [0.1, 0.15) is 0 Å². The van der Waals surface area contributed by atoms with Crippen LogP contribution in [-0.2, 0) is 0 Å². The van der Waals surface area contributed by atoms with E-state index in [2.05, 4.69) is 10.6 Å². The van der Waals surface area contributed by atoms with Gasteiger partial charge in [-0.1, -0.05) is 6.07 Å². The van der Waals surface area contributed by atoms with Gasteiger partial charge in [-0.25, -0.2) is 0 Å². The fourth-order valence-electron chi connectivity index (χ4n) is 1.64. The summed E-state index contributed by atoms with van der Waals surface area (Å²) in [6.07, 6.45) is -0.440. The monoisotopic (exact) mass is 281 g/mol. The molecule has 0 aliphatic rings. The van der Waals surface area contributed by atoms with Crippen LogP contribution in [0.5, 0.6) is 0 Å². The quantitative estimate of drug-likeness (QED) is 0.386. The van der Waals surface area contributed by atoms with Crippen LogP contribution >= 0.6 is 0 Å². The van der Waals surface area contributed by atoms with Crippen molar-refractivity contribution >= 4 is 11.6 Å². The Balaban J connectivity index is 2.55. The highest BCUT2D eigenvalue weighted by Crippen LogP contribution is 2.17. The fraction of sp³-hybridized carbons (Fsp3) is 0.462. The molecule has 3 N–H and O–H groups in total. The highest BCUT2D eigenvalue weighted by molar-refractivity contribution is 5.96. The third kappa shape index (κ3) is 4.94. The lowest BCUT2D eigenvalue weighted by molar-refractivity contribution is -0.384. The van der Waals surface area contributed by atoms with E-state index in [-0.39, 0.29) is 11.6 Å². The molecule has 1 aromatic rings. The number of aliphatic hydroxyl groups is 1. The van der Waals surface area contributed by atoms with Gasteiger partial charge in [0.15, 0.2) is 0 Å². The number of carbonyl (C=O) groups is 1. The molecule has 0 aliphatic heterocycles. The van der Waals surface area contributed by atoms with Crippen molar-refractivity contribution in [1.82, 2.24) is 10.6 Å². The van der Waals surface area contributed by atoms with Crippen molar-refractivity contribution in [3.8, 4) is 0 Å². The molecule has 0 fully saturated rings. The number of non-ortho nitro benzene ring substituents is 1. The van der Waals surface area contributed by atoms with Crippen molar-refractivity contribution in [2.45, 2.75) is 20.0 Å². The Morgan fingerprint density at radius 1 is 1.45 bits per heavy atom. The minimum atomic E-state index is -0.527. The number of nitrogens with one attached hydrogen (secondary N) is 2. The van der Waals surface area contributed by atoms with Crippen LogP contribution in [0.25, 0.3) is 0 Å². The summed E-state index contributed by atoms with van der Waals surface area (Å²) in [5, 5.41) is 25.4. The summed E-state index contributed by atoms with van der Waals surface area (Å²) >= 11 is 0. The Kier molecular flexibility index (Phi) is 6.08.